The Hall–Kier alpha value is -1.95. The standard InChI is InChI=1S/C20H23ClN4O/c21-15-6-7-18-19(12-15)24-20(23-18)8-11-25-10-3-5-17(13-25)26-14-16-4-1-2-9-22-16/h1-2,4,6-7,9,12,17H,3,5,8,10-11,13-14H2,(H,23,24). The zero-order valence-corrected chi connectivity index (χ0v) is 15.5. The average molecular weight is 371 g/mol. The molecule has 5 nitrogen and oxygen atoms in total. The highest BCUT2D eigenvalue weighted by Crippen LogP contribution is 2.18. The van der Waals surface area contributed by atoms with Gasteiger partial charge < -0.3 is 14.6 Å². The highest BCUT2D eigenvalue weighted by molar-refractivity contribution is 6.31. The maximum absolute atomic E-state index is 6.07. The molecule has 3 aromatic rings. The molecular formula is C20H23ClN4O. The van der Waals surface area contributed by atoms with Crippen molar-refractivity contribution in [3.8, 4) is 0 Å². The van der Waals surface area contributed by atoms with E-state index in [4.69, 9.17) is 16.3 Å². The molecule has 1 aliphatic rings. The van der Waals surface area contributed by atoms with Crippen LogP contribution in [0.15, 0.2) is 42.6 Å². The number of piperidine rings is 1. The molecule has 6 heteroatoms. The number of likely N-dealkylation sites (tertiary alicyclic amines) is 1. The second-order valence-electron chi connectivity index (χ2n) is 6.79. The van der Waals surface area contributed by atoms with Gasteiger partial charge in [-0.25, -0.2) is 4.98 Å². The molecule has 0 saturated carbocycles. The van der Waals surface area contributed by atoms with Gasteiger partial charge in [-0.05, 0) is 49.7 Å². The summed E-state index contributed by atoms with van der Waals surface area (Å²) in [7, 11) is 0. The molecule has 0 radical (unpaired) electrons. The van der Waals surface area contributed by atoms with Crippen LogP contribution in [-0.4, -0.2) is 45.6 Å². The minimum Gasteiger partial charge on any atom is -0.371 e. The summed E-state index contributed by atoms with van der Waals surface area (Å²) in [6, 6.07) is 11.7. The van der Waals surface area contributed by atoms with E-state index < -0.39 is 0 Å². The summed E-state index contributed by atoms with van der Waals surface area (Å²) in [5, 5.41) is 0.733. The maximum atomic E-state index is 6.07. The molecule has 1 unspecified atom stereocenters. The van der Waals surface area contributed by atoms with Gasteiger partial charge in [-0.3, -0.25) is 4.98 Å². The van der Waals surface area contributed by atoms with E-state index in [0.29, 0.717) is 6.61 Å². The molecule has 0 aliphatic carbocycles. The summed E-state index contributed by atoms with van der Waals surface area (Å²) in [6.45, 7) is 3.66. The van der Waals surface area contributed by atoms with Crippen molar-refractivity contribution in [3.05, 3.63) is 59.1 Å². The lowest BCUT2D eigenvalue weighted by molar-refractivity contribution is -0.0110. The maximum Gasteiger partial charge on any atom is 0.108 e. The summed E-state index contributed by atoms with van der Waals surface area (Å²) in [6.07, 6.45) is 5.28. The summed E-state index contributed by atoms with van der Waals surface area (Å²) in [4.78, 5) is 14.8. The van der Waals surface area contributed by atoms with E-state index in [1.54, 1.807) is 0 Å². The Kier molecular flexibility index (Phi) is 5.48. The topological polar surface area (TPSA) is 54.0 Å². The zero-order chi connectivity index (χ0) is 17.8. The Balaban J connectivity index is 1.28. The number of benzene rings is 1. The van der Waals surface area contributed by atoms with E-state index >= 15 is 0 Å². The van der Waals surface area contributed by atoms with E-state index in [2.05, 4.69) is 19.9 Å². The first-order chi connectivity index (χ1) is 12.8. The number of aromatic amines is 1. The molecule has 136 valence electrons. The van der Waals surface area contributed by atoms with E-state index in [9.17, 15) is 0 Å². The number of pyridine rings is 1. The largest absolute Gasteiger partial charge is 0.371 e. The Morgan fingerprint density at radius 1 is 1.27 bits per heavy atom. The first-order valence-corrected chi connectivity index (χ1v) is 9.52. The van der Waals surface area contributed by atoms with Crippen molar-refractivity contribution in [1.29, 1.82) is 0 Å². The summed E-state index contributed by atoms with van der Waals surface area (Å²) in [5.41, 5.74) is 2.97. The van der Waals surface area contributed by atoms with Gasteiger partial charge in [0.1, 0.15) is 5.82 Å². The van der Waals surface area contributed by atoms with Crippen LogP contribution in [-0.2, 0) is 17.8 Å². The number of halogens is 1. The van der Waals surface area contributed by atoms with Crippen molar-refractivity contribution in [2.45, 2.75) is 32.0 Å². The molecule has 1 fully saturated rings. The third-order valence-corrected chi connectivity index (χ3v) is 5.05. The van der Waals surface area contributed by atoms with Gasteiger partial charge in [0.15, 0.2) is 0 Å². The first-order valence-electron chi connectivity index (χ1n) is 9.14. The van der Waals surface area contributed by atoms with Crippen LogP contribution in [0, 0.1) is 0 Å². The van der Waals surface area contributed by atoms with Crippen molar-refractivity contribution in [2.24, 2.45) is 0 Å². The second kappa shape index (κ2) is 8.16. The number of aromatic nitrogens is 3. The number of imidazole rings is 1. The van der Waals surface area contributed by atoms with E-state index in [0.717, 1.165) is 60.1 Å². The SMILES string of the molecule is Clc1ccc2nc(CCN3CCCC(OCc4ccccn4)C3)[nH]c2c1. The number of hydrogen-bond donors (Lipinski definition) is 1. The highest BCUT2D eigenvalue weighted by Gasteiger charge is 2.20. The van der Waals surface area contributed by atoms with Crippen LogP contribution in [0.4, 0.5) is 0 Å². The monoisotopic (exact) mass is 370 g/mol. The van der Waals surface area contributed by atoms with Gasteiger partial charge in [0.05, 0.1) is 29.4 Å². The Bertz CT molecular complexity index is 851. The van der Waals surface area contributed by atoms with Crippen LogP contribution in [0.1, 0.15) is 24.4 Å². The van der Waals surface area contributed by atoms with Gasteiger partial charge in [0.2, 0.25) is 0 Å². The van der Waals surface area contributed by atoms with E-state index in [1.165, 1.54) is 6.42 Å². The normalized spacial score (nSPS) is 18.4. The van der Waals surface area contributed by atoms with Gasteiger partial charge in [0, 0.05) is 30.7 Å². The number of hydrogen-bond acceptors (Lipinski definition) is 4. The number of fused-ring (bicyclic) bond motifs is 1. The lowest BCUT2D eigenvalue weighted by Gasteiger charge is -2.32. The molecule has 26 heavy (non-hydrogen) atoms. The molecule has 2 aromatic heterocycles. The zero-order valence-electron chi connectivity index (χ0n) is 14.7. The third-order valence-electron chi connectivity index (χ3n) is 4.81. The van der Waals surface area contributed by atoms with Gasteiger partial charge in [-0.1, -0.05) is 17.7 Å². The van der Waals surface area contributed by atoms with Crippen molar-refractivity contribution >= 4 is 22.6 Å². The van der Waals surface area contributed by atoms with Crippen molar-refractivity contribution in [1.82, 2.24) is 19.9 Å². The Morgan fingerprint density at radius 3 is 3.12 bits per heavy atom. The number of nitrogens with one attached hydrogen (secondary N) is 1. The third kappa shape index (κ3) is 4.41. The summed E-state index contributed by atoms with van der Waals surface area (Å²) >= 11 is 6.04. The van der Waals surface area contributed by atoms with Crippen LogP contribution in [0.25, 0.3) is 11.0 Å². The summed E-state index contributed by atoms with van der Waals surface area (Å²) < 4.78 is 6.07. The molecule has 1 atom stereocenters. The molecule has 0 amide bonds. The van der Waals surface area contributed by atoms with Crippen LogP contribution < -0.4 is 0 Å². The smallest absolute Gasteiger partial charge is 0.108 e. The fraction of sp³-hybridized carbons (Fsp3) is 0.400. The predicted molar refractivity (Wildman–Crippen MR) is 103 cm³/mol. The fourth-order valence-electron chi connectivity index (χ4n) is 3.46. The molecule has 1 saturated heterocycles. The highest BCUT2D eigenvalue weighted by atomic mass is 35.5. The Labute approximate surface area is 158 Å². The van der Waals surface area contributed by atoms with Crippen LogP contribution in [0.5, 0.6) is 0 Å². The quantitative estimate of drug-likeness (QED) is 0.716. The minimum atomic E-state index is 0.278. The lowest BCUT2D eigenvalue weighted by atomic mass is 10.1. The number of nitrogens with zero attached hydrogens (tertiary/aromatic N) is 3. The second-order valence-corrected chi connectivity index (χ2v) is 7.23. The van der Waals surface area contributed by atoms with Crippen molar-refractivity contribution in [2.75, 3.05) is 19.6 Å². The number of ether oxygens (including phenoxy) is 1. The van der Waals surface area contributed by atoms with Gasteiger partial charge in [-0.15, -0.1) is 0 Å². The summed E-state index contributed by atoms with van der Waals surface area (Å²) in [5.74, 6) is 1.01. The fourth-order valence-corrected chi connectivity index (χ4v) is 3.63. The molecule has 3 heterocycles. The Morgan fingerprint density at radius 2 is 2.23 bits per heavy atom. The van der Waals surface area contributed by atoms with Crippen LogP contribution in [0.3, 0.4) is 0 Å². The van der Waals surface area contributed by atoms with E-state index in [1.807, 2.05) is 42.6 Å². The van der Waals surface area contributed by atoms with Crippen molar-refractivity contribution in [3.63, 3.8) is 0 Å². The van der Waals surface area contributed by atoms with Crippen molar-refractivity contribution < 1.29 is 4.74 Å². The molecule has 1 aromatic carbocycles. The molecular weight excluding hydrogens is 348 g/mol. The van der Waals surface area contributed by atoms with Gasteiger partial charge in [-0.2, -0.15) is 0 Å². The molecule has 0 spiro atoms. The van der Waals surface area contributed by atoms with Crippen LogP contribution in [0.2, 0.25) is 5.02 Å². The van der Waals surface area contributed by atoms with Gasteiger partial charge in [0.25, 0.3) is 0 Å². The van der Waals surface area contributed by atoms with Crippen LogP contribution >= 0.6 is 11.6 Å². The number of H-pyrrole nitrogens is 1. The molecule has 0 bridgehead atoms. The average Bonchev–Trinajstić information content (AvgIpc) is 3.08. The molecule has 1 N–H and O–H groups in total. The number of rotatable bonds is 6. The first kappa shape index (κ1) is 17.5. The minimum absolute atomic E-state index is 0.278. The van der Waals surface area contributed by atoms with Gasteiger partial charge >= 0.3 is 0 Å². The molecule has 1 aliphatic heterocycles. The predicted octanol–water partition coefficient (Wildman–Crippen LogP) is 3.84. The van der Waals surface area contributed by atoms with E-state index in [-0.39, 0.29) is 6.10 Å². The molecule has 4 rings (SSSR count). The lowest BCUT2D eigenvalue weighted by Crippen LogP contribution is -2.40.